The van der Waals surface area contributed by atoms with Crippen LogP contribution in [0.2, 0.25) is 0 Å². The van der Waals surface area contributed by atoms with Crippen LogP contribution in [-0.2, 0) is 6.42 Å². The zero-order valence-corrected chi connectivity index (χ0v) is 9.00. The molecule has 3 N–H and O–H groups in total. The molecular formula is C13H18N2. The highest BCUT2D eigenvalue weighted by Crippen LogP contribution is 2.40. The molecule has 2 aliphatic rings. The molecule has 1 aromatic carbocycles. The van der Waals surface area contributed by atoms with Gasteiger partial charge in [0.2, 0.25) is 0 Å². The molecule has 80 valence electrons. The van der Waals surface area contributed by atoms with Crippen molar-refractivity contribution in [1.82, 2.24) is 0 Å². The molecular weight excluding hydrogens is 184 g/mol. The van der Waals surface area contributed by atoms with Crippen LogP contribution in [-0.4, -0.2) is 6.54 Å². The SMILES string of the molecule is Nc1ccc2c(c1)CCC(C1CC1)CN2. The van der Waals surface area contributed by atoms with Gasteiger partial charge in [0.15, 0.2) is 0 Å². The molecule has 0 bridgehead atoms. The average molecular weight is 202 g/mol. The predicted molar refractivity (Wildman–Crippen MR) is 63.9 cm³/mol. The van der Waals surface area contributed by atoms with Gasteiger partial charge in [-0.25, -0.2) is 0 Å². The van der Waals surface area contributed by atoms with Crippen LogP contribution < -0.4 is 11.1 Å². The molecule has 1 atom stereocenters. The standard InChI is InChI=1S/C13H18N2/c14-12-5-6-13-10(7-12)3-4-11(8-15-13)9-1-2-9/h5-7,9,11,15H,1-4,8,14H2. The van der Waals surface area contributed by atoms with Gasteiger partial charge in [-0.15, -0.1) is 0 Å². The Morgan fingerprint density at radius 2 is 2.00 bits per heavy atom. The van der Waals surface area contributed by atoms with E-state index in [0.29, 0.717) is 0 Å². The number of nitrogen functional groups attached to an aromatic ring is 1. The van der Waals surface area contributed by atoms with Crippen LogP contribution in [0.5, 0.6) is 0 Å². The highest BCUT2D eigenvalue weighted by Gasteiger charge is 2.31. The smallest absolute Gasteiger partial charge is 0.0374 e. The summed E-state index contributed by atoms with van der Waals surface area (Å²) < 4.78 is 0. The molecule has 2 nitrogen and oxygen atoms in total. The summed E-state index contributed by atoms with van der Waals surface area (Å²) in [5, 5.41) is 3.57. The largest absolute Gasteiger partial charge is 0.399 e. The number of hydrogen-bond acceptors (Lipinski definition) is 2. The summed E-state index contributed by atoms with van der Waals surface area (Å²) in [6.45, 7) is 1.15. The molecule has 0 amide bonds. The number of rotatable bonds is 1. The minimum absolute atomic E-state index is 0.888. The third-order valence-electron chi connectivity index (χ3n) is 3.76. The fraction of sp³-hybridized carbons (Fsp3) is 0.538. The van der Waals surface area contributed by atoms with E-state index in [-0.39, 0.29) is 0 Å². The molecule has 2 heteroatoms. The van der Waals surface area contributed by atoms with Crippen LogP contribution in [0.3, 0.4) is 0 Å². The highest BCUT2D eigenvalue weighted by atomic mass is 14.9. The minimum atomic E-state index is 0.888. The van der Waals surface area contributed by atoms with Crippen molar-refractivity contribution in [2.75, 3.05) is 17.6 Å². The summed E-state index contributed by atoms with van der Waals surface area (Å²) in [5.41, 5.74) is 9.40. The highest BCUT2D eigenvalue weighted by molar-refractivity contribution is 5.58. The number of fused-ring (bicyclic) bond motifs is 1. The average Bonchev–Trinajstić information content (AvgIpc) is 3.01. The van der Waals surface area contributed by atoms with Crippen LogP contribution in [0.25, 0.3) is 0 Å². The van der Waals surface area contributed by atoms with Gasteiger partial charge in [0.1, 0.15) is 0 Å². The quantitative estimate of drug-likeness (QED) is 0.687. The Hall–Kier alpha value is -1.18. The van der Waals surface area contributed by atoms with Crippen LogP contribution in [0.1, 0.15) is 24.8 Å². The van der Waals surface area contributed by atoms with Crippen molar-refractivity contribution < 1.29 is 0 Å². The Bertz CT molecular complexity index is 369. The summed E-state index contributed by atoms with van der Waals surface area (Å²) in [6.07, 6.45) is 5.42. The molecule has 1 fully saturated rings. The zero-order valence-electron chi connectivity index (χ0n) is 9.00. The van der Waals surface area contributed by atoms with Gasteiger partial charge in [0, 0.05) is 17.9 Å². The normalized spacial score (nSPS) is 25.2. The Kier molecular flexibility index (Phi) is 2.08. The van der Waals surface area contributed by atoms with E-state index in [0.717, 1.165) is 24.1 Å². The van der Waals surface area contributed by atoms with E-state index in [9.17, 15) is 0 Å². The summed E-state index contributed by atoms with van der Waals surface area (Å²) in [6, 6.07) is 6.24. The van der Waals surface area contributed by atoms with E-state index in [1.165, 1.54) is 36.9 Å². The monoisotopic (exact) mass is 202 g/mol. The second kappa shape index (κ2) is 3.44. The lowest BCUT2D eigenvalue weighted by Gasteiger charge is -2.12. The van der Waals surface area contributed by atoms with E-state index < -0.39 is 0 Å². The lowest BCUT2D eigenvalue weighted by molar-refractivity contribution is 0.458. The number of benzene rings is 1. The van der Waals surface area contributed by atoms with Gasteiger partial charge in [0.25, 0.3) is 0 Å². The van der Waals surface area contributed by atoms with E-state index in [1.54, 1.807) is 0 Å². The lowest BCUT2D eigenvalue weighted by atomic mass is 9.96. The number of aryl methyl sites for hydroxylation is 1. The van der Waals surface area contributed by atoms with Gasteiger partial charge in [-0.1, -0.05) is 0 Å². The van der Waals surface area contributed by atoms with E-state index in [1.807, 2.05) is 6.07 Å². The van der Waals surface area contributed by atoms with E-state index in [2.05, 4.69) is 17.4 Å². The van der Waals surface area contributed by atoms with Crippen molar-refractivity contribution in [1.29, 1.82) is 0 Å². The van der Waals surface area contributed by atoms with Gasteiger partial charge in [-0.2, -0.15) is 0 Å². The number of anilines is 2. The lowest BCUT2D eigenvalue weighted by Crippen LogP contribution is -2.14. The molecule has 0 radical (unpaired) electrons. The Labute approximate surface area is 90.9 Å². The summed E-state index contributed by atoms with van der Waals surface area (Å²) in [7, 11) is 0. The Balaban J connectivity index is 1.81. The number of hydrogen-bond donors (Lipinski definition) is 2. The second-order valence-corrected chi connectivity index (χ2v) is 4.93. The Morgan fingerprint density at radius 3 is 2.80 bits per heavy atom. The molecule has 1 saturated carbocycles. The fourth-order valence-electron chi connectivity index (χ4n) is 2.65. The van der Waals surface area contributed by atoms with Crippen molar-refractivity contribution in [3.05, 3.63) is 23.8 Å². The zero-order chi connectivity index (χ0) is 10.3. The van der Waals surface area contributed by atoms with Crippen molar-refractivity contribution in [2.24, 2.45) is 11.8 Å². The first-order chi connectivity index (χ1) is 7.33. The Morgan fingerprint density at radius 1 is 1.13 bits per heavy atom. The third kappa shape index (κ3) is 1.81. The van der Waals surface area contributed by atoms with Gasteiger partial charge < -0.3 is 11.1 Å². The molecule has 0 aromatic heterocycles. The van der Waals surface area contributed by atoms with Gasteiger partial charge >= 0.3 is 0 Å². The van der Waals surface area contributed by atoms with E-state index in [4.69, 9.17) is 5.73 Å². The predicted octanol–water partition coefficient (Wildman–Crippen LogP) is 2.65. The molecule has 0 spiro atoms. The summed E-state index contributed by atoms with van der Waals surface area (Å²) in [5.74, 6) is 1.89. The van der Waals surface area contributed by atoms with Crippen molar-refractivity contribution in [3.8, 4) is 0 Å². The van der Waals surface area contributed by atoms with Crippen LogP contribution in [0.4, 0.5) is 11.4 Å². The fourth-order valence-corrected chi connectivity index (χ4v) is 2.65. The number of nitrogens with one attached hydrogen (secondary N) is 1. The third-order valence-corrected chi connectivity index (χ3v) is 3.76. The van der Waals surface area contributed by atoms with Gasteiger partial charge in [-0.05, 0) is 61.3 Å². The van der Waals surface area contributed by atoms with Crippen LogP contribution in [0, 0.1) is 11.8 Å². The van der Waals surface area contributed by atoms with E-state index >= 15 is 0 Å². The maximum absolute atomic E-state index is 5.81. The minimum Gasteiger partial charge on any atom is -0.399 e. The van der Waals surface area contributed by atoms with Crippen molar-refractivity contribution >= 4 is 11.4 Å². The number of nitrogens with two attached hydrogens (primary N) is 1. The summed E-state index contributed by atoms with van der Waals surface area (Å²) in [4.78, 5) is 0. The molecule has 3 rings (SSSR count). The molecule has 1 aromatic rings. The van der Waals surface area contributed by atoms with Crippen LogP contribution >= 0.6 is 0 Å². The van der Waals surface area contributed by atoms with Gasteiger partial charge in [-0.3, -0.25) is 0 Å². The maximum Gasteiger partial charge on any atom is 0.0374 e. The van der Waals surface area contributed by atoms with Crippen molar-refractivity contribution in [2.45, 2.75) is 25.7 Å². The molecule has 1 heterocycles. The first-order valence-electron chi connectivity index (χ1n) is 5.95. The summed E-state index contributed by atoms with van der Waals surface area (Å²) >= 11 is 0. The molecule has 1 aliphatic carbocycles. The van der Waals surface area contributed by atoms with Gasteiger partial charge in [0.05, 0.1) is 0 Å². The molecule has 1 unspecified atom stereocenters. The molecule has 0 saturated heterocycles. The van der Waals surface area contributed by atoms with Crippen molar-refractivity contribution in [3.63, 3.8) is 0 Å². The topological polar surface area (TPSA) is 38.0 Å². The molecule has 1 aliphatic heterocycles. The second-order valence-electron chi connectivity index (χ2n) is 4.93. The first-order valence-corrected chi connectivity index (χ1v) is 5.95. The maximum atomic E-state index is 5.81. The first kappa shape index (κ1) is 9.08. The van der Waals surface area contributed by atoms with Crippen LogP contribution in [0.15, 0.2) is 18.2 Å². The molecule has 15 heavy (non-hydrogen) atoms.